The zero-order valence-corrected chi connectivity index (χ0v) is 14.2. The first-order chi connectivity index (χ1) is 9.91. The maximum Gasteiger partial charge on any atom is 0.258 e. The summed E-state index contributed by atoms with van der Waals surface area (Å²) in [6.07, 6.45) is 0. The van der Waals surface area contributed by atoms with Gasteiger partial charge in [0.1, 0.15) is 4.99 Å². The largest absolute Gasteiger partial charge is 0.389 e. The van der Waals surface area contributed by atoms with Crippen molar-refractivity contribution in [2.75, 3.05) is 11.9 Å². The predicted octanol–water partition coefficient (Wildman–Crippen LogP) is 3.67. The van der Waals surface area contributed by atoms with E-state index in [4.69, 9.17) is 18.0 Å². The van der Waals surface area contributed by atoms with Crippen LogP contribution in [0.4, 0.5) is 5.69 Å². The molecule has 108 valence electrons. The molecule has 0 saturated heterocycles. The number of thiocarbonyl (C=S) groups is 1. The molecule has 0 unspecified atom stereocenters. The third-order valence-corrected chi connectivity index (χ3v) is 3.97. The van der Waals surface area contributed by atoms with Crippen molar-refractivity contribution in [1.82, 2.24) is 0 Å². The molecule has 3 nitrogen and oxygen atoms in total. The van der Waals surface area contributed by atoms with E-state index in [9.17, 15) is 4.79 Å². The van der Waals surface area contributed by atoms with Gasteiger partial charge in [-0.2, -0.15) is 0 Å². The Labute approximate surface area is 137 Å². The topological polar surface area (TPSA) is 46.3 Å². The summed E-state index contributed by atoms with van der Waals surface area (Å²) in [5, 5.41) is 0. The Morgan fingerprint density at radius 2 is 1.86 bits per heavy atom. The molecule has 2 rings (SSSR count). The first-order valence-electron chi connectivity index (χ1n) is 6.35. The van der Waals surface area contributed by atoms with Crippen LogP contribution >= 0.6 is 28.1 Å². The molecule has 0 aliphatic carbocycles. The maximum atomic E-state index is 12.7. The van der Waals surface area contributed by atoms with Crippen LogP contribution in [-0.4, -0.2) is 17.9 Å². The minimum atomic E-state index is -0.0938. The van der Waals surface area contributed by atoms with E-state index in [1.165, 1.54) is 0 Å². The Morgan fingerprint density at radius 3 is 2.48 bits per heavy atom. The fourth-order valence-electron chi connectivity index (χ4n) is 2.13. The molecule has 0 heterocycles. The summed E-state index contributed by atoms with van der Waals surface area (Å²) < 4.78 is 0.947. The van der Waals surface area contributed by atoms with Crippen molar-refractivity contribution in [3.8, 4) is 0 Å². The minimum absolute atomic E-state index is 0.0938. The van der Waals surface area contributed by atoms with Gasteiger partial charge in [0.05, 0.1) is 5.69 Å². The molecule has 0 aliphatic rings. The van der Waals surface area contributed by atoms with E-state index < -0.39 is 0 Å². The molecule has 0 aliphatic heterocycles. The molecular weight excluding hydrogens is 348 g/mol. The Bertz CT molecular complexity index is 715. The van der Waals surface area contributed by atoms with E-state index in [-0.39, 0.29) is 10.9 Å². The van der Waals surface area contributed by atoms with Crippen molar-refractivity contribution in [2.24, 2.45) is 5.73 Å². The number of para-hydroxylation sites is 1. The van der Waals surface area contributed by atoms with Crippen LogP contribution in [0, 0.1) is 6.92 Å². The quantitative estimate of drug-likeness (QED) is 0.847. The van der Waals surface area contributed by atoms with E-state index >= 15 is 0 Å². The lowest BCUT2D eigenvalue weighted by molar-refractivity contribution is 0.0992. The monoisotopic (exact) mass is 362 g/mol. The second-order valence-electron chi connectivity index (χ2n) is 4.70. The summed E-state index contributed by atoms with van der Waals surface area (Å²) in [7, 11) is 1.72. The summed E-state index contributed by atoms with van der Waals surface area (Å²) >= 11 is 8.45. The Kier molecular flexibility index (Phi) is 4.75. The van der Waals surface area contributed by atoms with Gasteiger partial charge in [0, 0.05) is 22.6 Å². The fraction of sp³-hybridized carbons (Fsp3) is 0.125. The Hall–Kier alpha value is -1.72. The van der Waals surface area contributed by atoms with Crippen LogP contribution in [-0.2, 0) is 0 Å². The number of anilines is 1. The number of carbonyl (C=O) groups is 1. The highest BCUT2D eigenvalue weighted by atomic mass is 79.9. The molecule has 2 N–H and O–H groups in total. The lowest BCUT2D eigenvalue weighted by Crippen LogP contribution is -2.29. The third-order valence-electron chi connectivity index (χ3n) is 3.25. The standard InChI is InChI=1S/C16H15BrN2OS/c1-10-9-11(17)7-8-12(10)16(20)19(2)14-6-4-3-5-13(14)15(18)21/h3-9H,1-2H3,(H2,18,21). The zero-order chi connectivity index (χ0) is 15.6. The van der Waals surface area contributed by atoms with E-state index in [1.807, 2.05) is 49.4 Å². The van der Waals surface area contributed by atoms with Gasteiger partial charge in [0.15, 0.2) is 0 Å². The summed E-state index contributed by atoms with van der Waals surface area (Å²) in [5.41, 5.74) is 8.69. The van der Waals surface area contributed by atoms with Gasteiger partial charge < -0.3 is 10.6 Å². The number of aryl methyl sites for hydroxylation is 1. The predicted molar refractivity (Wildman–Crippen MR) is 93.9 cm³/mol. The van der Waals surface area contributed by atoms with Gasteiger partial charge in [-0.25, -0.2) is 0 Å². The van der Waals surface area contributed by atoms with Crippen LogP contribution in [0.1, 0.15) is 21.5 Å². The second kappa shape index (κ2) is 6.37. The van der Waals surface area contributed by atoms with Crippen molar-refractivity contribution < 1.29 is 4.79 Å². The number of carbonyl (C=O) groups excluding carboxylic acids is 1. The molecule has 0 saturated carbocycles. The van der Waals surface area contributed by atoms with Gasteiger partial charge in [-0.3, -0.25) is 4.79 Å². The van der Waals surface area contributed by atoms with Gasteiger partial charge in [0.2, 0.25) is 0 Å². The van der Waals surface area contributed by atoms with Crippen LogP contribution in [0.3, 0.4) is 0 Å². The number of nitrogens with zero attached hydrogens (tertiary/aromatic N) is 1. The van der Waals surface area contributed by atoms with Crippen LogP contribution in [0.5, 0.6) is 0 Å². The molecular formula is C16H15BrN2OS. The van der Waals surface area contributed by atoms with Gasteiger partial charge in [-0.15, -0.1) is 0 Å². The number of halogens is 1. The van der Waals surface area contributed by atoms with Crippen molar-refractivity contribution in [2.45, 2.75) is 6.92 Å². The molecule has 2 aromatic carbocycles. The summed E-state index contributed by atoms with van der Waals surface area (Å²) in [6, 6.07) is 12.9. The number of rotatable bonds is 3. The van der Waals surface area contributed by atoms with Gasteiger partial charge in [-0.1, -0.05) is 40.3 Å². The average Bonchev–Trinajstić information content (AvgIpc) is 2.45. The lowest BCUT2D eigenvalue weighted by Gasteiger charge is -2.21. The molecule has 1 amide bonds. The normalized spacial score (nSPS) is 10.2. The van der Waals surface area contributed by atoms with E-state index in [0.717, 1.165) is 10.0 Å². The van der Waals surface area contributed by atoms with Crippen LogP contribution < -0.4 is 10.6 Å². The third kappa shape index (κ3) is 3.31. The van der Waals surface area contributed by atoms with Crippen LogP contribution in [0.25, 0.3) is 0 Å². The first kappa shape index (κ1) is 15.7. The van der Waals surface area contributed by atoms with Gasteiger partial charge in [-0.05, 0) is 42.8 Å². The summed E-state index contributed by atoms with van der Waals surface area (Å²) in [4.78, 5) is 14.5. The maximum absolute atomic E-state index is 12.7. The van der Waals surface area contributed by atoms with E-state index in [1.54, 1.807) is 11.9 Å². The summed E-state index contributed by atoms with van der Waals surface area (Å²) in [6.45, 7) is 1.91. The molecule has 0 radical (unpaired) electrons. The Morgan fingerprint density at radius 1 is 1.19 bits per heavy atom. The molecule has 21 heavy (non-hydrogen) atoms. The van der Waals surface area contributed by atoms with Crippen LogP contribution in [0.15, 0.2) is 46.9 Å². The van der Waals surface area contributed by atoms with Crippen molar-refractivity contribution >= 4 is 44.7 Å². The van der Waals surface area contributed by atoms with Crippen LogP contribution in [0.2, 0.25) is 0 Å². The van der Waals surface area contributed by atoms with E-state index in [0.29, 0.717) is 16.8 Å². The molecule has 5 heteroatoms. The Balaban J connectivity index is 2.42. The van der Waals surface area contributed by atoms with Crippen molar-refractivity contribution in [3.63, 3.8) is 0 Å². The highest BCUT2D eigenvalue weighted by molar-refractivity contribution is 9.10. The summed E-state index contributed by atoms with van der Waals surface area (Å²) in [5.74, 6) is -0.0938. The van der Waals surface area contributed by atoms with Gasteiger partial charge in [0.25, 0.3) is 5.91 Å². The zero-order valence-electron chi connectivity index (χ0n) is 11.8. The fourth-order valence-corrected chi connectivity index (χ4v) is 2.78. The number of amides is 1. The number of nitrogens with two attached hydrogens (primary N) is 1. The number of hydrogen-bond acceptors (Lipinski definition) is 2. The molecule has 0 atom stereocenters. The molecule has 0 spiro atoms. The minimum Gasteiger partial charge on any atom is -0.389 e. The molecule has 0 aromatic heterocycles. The number of hydrogen-bond donors (Lipinski definition) is 1. The SMILES string of the molecule is Cc1cc(Br)ccc1C(=O)N(C)c1ccccc1C(N)=S. The lowest BCUT2D eigenvalue weighted by atomic mass is 10.1. The number of benzene rings is 2. The molecule has 0 bridgehead atoms. The molecule has 0 fully saturated rings. The average molecular weight is 363 g/mol. The van der Waals surface area contributed by atoms with Gasteiger partial charge >= 0.3 is 0 Å². The van der Waals surface area contributed by atoms with Crippen molar-refractivity contribution in [3.05, 3.63) is 63.6 Å². The second-order valence-corrected chi connectivity index (χ2v) is 6.06. The smallest absolute Gasteiger partial charge is 0.258 e. The van der Waals surface area contributed by atoms with E-state index in [2.05, 4.69) is 15.9 Å². The molecule has 2 aromatic rings. The highest BCUT2D eigenvalue weighted by Gasteiger charge is 2.18. The highest BCUT2D eigenvalue weighted by Crippen LogP contribution is 2.23. The first-order valence-corrected chi connectivity index (χ1v) is 7.55. The van der Waals surface area contributed by atoms with Crippen molar-refractivity contribution in [1.29, 1.82) is 0 Å².